The van der Waals surface area contributed by atoms with Gasteiger partial charge in [0.05, 0.1) is 21.2 Å². The topological polar surface area (TPSA) is 4.93 Å². The fourth-order valence-corrected chi connectivity index (χ4v) is 5.86. The Bertz CT molecular complexity index is 1540. The average molecular weight is 446 g/mol. The number of nitrogens with zero attached hydrogens (tertiary/aromatic N) is 1. The second-order valence-corrected chi connectivity index (χ2v) is 8.71. The van der Waals surface area contributed by atoms with Crippen LogP contribution in [0.25, 0.3) is 47.7 Å². The lowest BCUT2D eigenvalue weighted by Gasteiger charge is -2.10. The van der Waals surface area contributed by atoms with E-state index in [1.807, 2.05) is 23.5 Å². The number of hydrogen-bond donors (Lipinski definition) is 0. The molecule has 0 unspecified atom stereocenters. The Morgan fingerprint density at radius 1 is 0.714 bits per heavy atom. The number of hydrogen-bond acceptors (Lipinski definition) is 1. The molecule has 134 valence electrons. The van der Waals surface area contributed by atoms with Crippen molar-refractivity contribution in [3.8, 4) is 5.69 Å². The maximum atomic E-state index is 14.3. The molecule has 0 bridgehead atoms. The summed E-state index contributed by atoms with van der Waals surface area (Å²) in [6.07, 6.45) is 0. The maximum Gasteiger partial charge on any atom is 0.139 e. The van der Waals surface area contributed by atoms with E-state index in [1.165, 1.54) is 37.0 Å². The quantitative estimate of drug-likeness (QED) is 0.241. The molecule has 0 fully saturated rings. The van der Waals surface area contributed by atoms with E-state index in [2.05, 4.69) is 75.1 Å². The molecule has 0 amide bonds. The van der Waals surface area contributed by atoms with Crippen LogP contribution in [0.4, 0.5) is 4.39 Å². The van der Waals surface area contributed by atoms with Crippen LogP contribution < -0.4 is 0 Å². The highest BCUT2D eigenvalue weighted by Crippen LogP contribution is 2.43. The van der Waals surface area contributed by atoms with Gasteiger partial charge < -0.3 is 4.57 Å². The third kappa shape index (κ3) is 2.10. The molecule has 28 heavy (non-hydrogen) atoms. The van der Waals surface area contributed by atoms with Gasteiger partial charge in [-0.2, -0.15) is 0 Å². The lowest BCUT2D eigenvalue weighted by Crippen LogP contribution is -1.96. The van der Waals surface area contributed by atoms with E-state index in [-0.39, 0.29) is 5.82 Å². The molecule has 0 aliphatic carbocycles. The van der Waals surface area contributed by atoms with Crippen molar-refractivity contribution in [1.82, 2.24) is 4.57 Å². The summed E-state index contributed by atoms with van der Waals surface area (Å²) in [5, 5.41) is 4.97. The second-order valence-electron chi connectivity index (χ2n) is 6.86. The minimum absolute atomic E-state index is 0.258. The molecule has 2 heterocycles. The molecule has 0 saturated heterocycles. The van der Waals surface area contributed by atoms with Gasteiger partial charge in [0.25, 0.3) is 0 Å². The Labute approximate surface area is 172 Å². The van der Waals surface area contributed by atoms with Gasteiger partial charge in [-0.15, -0.1) is 11.3 Å². The molecule has 2 aromatic heterocycles. The number of benzene rings is 4. The number of fused-ring (bicyclic) bond motifs is 7. The summed E-state index contributed by atoms with van der Waals surface area (Å²) in [6.45, 7) is 0. The molecular formula is C24H13BrFNS. The zero-order chi connectivity index (χ0) is 18.8. The second kappa shape index (κ2) is 5.90. The van der Waals surface area contributed by atoms with E-state index in [9.17, 15) is 4.39 Å². The van der Waals surface area contributed by atoms with Crippen molar-refractivity contribution in [1.29, 1.82) is 0 Å². The molecule has 1 nitrogen and oxygen atoms in total. The summed E-state index contributed by atoms with van der Waals surface area (Å²) >= 11 is 5.28. The predicted octanol–water partition coefficient (Wildman–Crippen LogP) is 8.05. The molecular weight excluding hydrogens is 433 g/mol. The zero-order valence-electron chi connectivity index (χ0n) is 14.6. The van der Waals surface area contributed by atoms with Crippen molar-refractivity contribution >= 4 is 69.2 Å². The van der Waals surface area contributed by atoms with Crippen LogP contribution in [-0.2, 0) is 0 Å². The van der Waals surface area contributed by atoms with Gasteiger partial charge in [-0.1, -0.05) is 48.5 Å². The number of para-hydroxylation sites is 1. The highest BCUT2D eigenvalue weighted by atomic mass is 79.9. The van der Waals surface area contributed by atoms with E-state index >= 15 is 0 Å². The van der Waals surface area contributed by atoms with E-state index in [1.54, 1.807) is 6.07 Å². The first-order valence-corrected chi connectivity index (χ1v) is 10.6. The fraction of sp³-hybridized carbons (Fsp3) is 0. The van der Waals surface area contributed by atoms with E-state index in [4.69, 9.17) is 0 Å². The monoisotopic (exact) mass is 445 g/mol. The van der Waals surface area contributed by atoms with Gasteiger partial charge >= 0.3 is 0 Å². The Hall–Kier alpha value is -2.69. The molecule has 0 radical (unpaired) electrons. The van der Waals surface area contributed by atoms with Gasteiger partial charge in [0.2, 0.25) is 0 Å². The third-order valence-corrected chi connectivity index (χ3v) is 7.34. The highest BCUT2D eigenvalue weighted by Gasteiger charge is 2.18. The number of aromatic nitrogens is 1. The van der Waals surface area contributed by atoms with Crippen molar-refractivity contribution < 1.29 is 4.39 Å². The van der Waals surface area contributed by atoms with Crippen LogP contribution >= 0.6 is 27.3 Å². The lowest BCUT2D eigenvalue weighted by molar-refractivity contribution is 0.620. The van der Waals surface area contributed by atoms with Gasteiger partial charge in [0.1, 0.15) is 5.82 Å². The van der Waals surface area contributed by atoms with Gasteiger partial charge in [-0.3, -0.25) is 0 Å². The summed E-state index contributed by atoms with van der Waals surface area (Å²) in [5.74, 6) is -0.258. The van der Waals surface area contributed by atoms with E-state index < -0.39 is 0 Å². The summed E-state index contributed by atoms with van der Waals surface area (Å²) in [6, 6.07) is 26.4. The van der Waals surface area contributed by atoms with Crippen molar-refractivity contribution in [2.75, 3.05) is 0 Å². The van der Waals surface area contributed by atoms with E-state index in [0.29, 0.717) is 4.47 Å². The smallest absolute Gasteiger partial charge is 0.139 e. The Morgan fingerprint density at radius 2 is 1.50 bits per heavy atom. The molecule has 0 saturated carbocycles. The highest BCUT2D eigenvalue weighted by molar-refractivity contribution is 9.10. The van der Waals surface area contributed by atoms with Gasteiger partial charge in [-0.25, -0.2) is 4.39 Å². The predicted molar refractivity (Wildman–Crippen MR) is 121 cm³/mol. The van der Waals surface area contributed by atoms with Gasteiger partial charge in [0, 0.05) is 30.9 Å². The first kappa shape index (κ1) is 16.3. The molecule has 0 spiro atoms. The first-order chi connectivity index (χ1) is 13.7. The Kier molecular flexibility index (Phi) is 3.43. The lowest BCUT2D eigenvalue weighted by atomic mass is 10.1. The summed E-state index contributed by atoms with van der Waals surface area (Å²) in [4.78, 5) is 0. The molecule has 0 N–H and O–H groups in total. The molecule has 0 aliphatic rings. The molecule has 6 rings (SSSR count). The first-order valence-electron chi connectivity index (χ1n) is 9.02. The molecule has 4 aromatic carbocycles. The van der Waals surface area contributed by atoms with Crippen molar-refractivity contribution in [2.45, 2.75) is 0 Å². The molecule has 0 aliphatic heterocycles. The summed E-state index contributed by atoms with van der Waals surface area (Å²) in [7, 11) is 0. The third-order valence-electron chi connectivity index (χ3n) is 5.35. The summed E-state index contributed by atoms with van der Waals surface area (Å²) in [5.41, 5.74) is 2.98. The number of rotatable bonds is 1. The number of halogens is 2. The van der Waals surface area contributed by atoms with Crippen LogP contribution in [0.2, 0.25) is 0 Å². The largest absolute Gasteiger partial charge is 0.308 e. The van der Waals surface area contributed by atoms with Crippen LogP contribution in [0.1, 0.15) is 0 Å². The zero-order valence-corrected chi connectivity index (χ0v) is 17.0. The SMILES string of the molecule is Fc1cccc(-n2c3ccccc3c3c4sc5ccccc5c4ccc32)c1Br. The molecule has 0 atom stereocenters. The standard InChI is InChI=1S/C24H13BrFNS/c25-23-17(26)8-5-10-20(23)27-18-9-3-1-7-16(18)22-19(27)13-12-15-14-6-2-4-11-21(14)28-24(15)22/h1-13H. The van der Waals surface area contributed by atoms with E-state index in [0.717, 1.165) is 16.7 Å². The number of thiophene rings is 1. The normalized spacial score (nSPS) is 11.9. The maximum absolute atomic E-state index is 14.3. The molecule has 4 heteroatoms. The summed E-state index contributed by atoms with van der Waals surface area (Å²) < 4.78 is 19.5. The van der Waals surface area contributed by atoms with Crippen LogP contribution in [0.5, 0.6) is 0 Å². The van der Waals surface area contributed by atoms with Crippen LogP contribution in [0.3, 0.4) is 0 Å². The fourth-order valence-electron chi connectivity index (χ4n) is 4.16. The van der Waals surface area contributed by atoms with Gasteiger partial charge in [-0.05, 0) is 46.3 Å². The average Bonchev–Trinajstić information content (AvgIpc) is 3.26. The van der Waals surface area contributed by atoms with Crippen LogP contribution in [-0.4, -0.2) is 4.57 Å². The Morgan fingerprint density at radius 3 is 2.39 bits per heavy atom. The minimum atomic E-state index is -0.258. The Balaban J connectivity index is 1.87. The van der Waals surface area contributed by atoms with Crippen molar-refractivity contribution in [3.63, 3.8) is 0 Å². The van der Waals surface area contributed by atoms with Crippen LogP contribution in [0, 0.1) is 5.82 Å². The van der Waals surface area contributed by atoms with Crippen molar-refractivity contribution in [3.05, 3.63) is 89.2 Å². The van der Waals surface area contributed by atoms with Crippen LogP contribution in [0.15, 0.2) is 83.3 Å². The van der Waals surface area contributed by atoms with Crippen molar-refractivity contribution in [2.24, 2.45) is 0 Å². The van der Waals surface area contributed by atoms with Gasteiger partial charge in [0.15, 0.2) is 0 Å². The molecule has 6 aromatic rings. The minimum Gasteiger partial charge on any atom is -0.308 e.